The van der Waals surface area contributed by atoms with E-state index in [4.69, 9.17) is 0 Å². The van der Waals surface area contributed by atoms with Gasteiger partial charge in [-0.05, 0) is 0 Å². The van der Waals surface area contributed by atoms with Gasteiger partial charge in [0.25, 0.3) is 0 Å². The van der Waals surface area contributed by atoms with Crippen LogP contribution < -0.4 is 3.95 Å². The molecule has 0 amide bonds. The zero-order valence-corrected chi connectivity index (χ0v) is 5.98. The van der Waals surface area contributed by atoms with Crippen molar-refractivity contribution in [3.63, 3.8) is 0 Å². The van der Waals surface area contributed by atoms with E-state index in [1.54, 1.807) is 0 Å². The molecule has 7 heavy (non-hydrogen) atoms. The predicted octanol–water partition coefficient (Wildman–Crippen LogP) is 0.859. The third-order valence-corrected chi connectivity index (χ3v) is 1.47. The molecule has 0 spiro atoms. The Morgan fingerprint density at radius 1 is 1.00 bits per heavy atom. The molecule has 0 fully saturated rings. The summed E-state index contributed by atoms with van der Waals surface area (Å²) in [7, 11) is 0. The molecule has 0 bridgehead atoms. The summed E-state index contributed by atoms with van der Waals surface area (Å²) in [4.78, 5) is 0. The molecule has 0 aliphatic rings. The molecule has 1 heteroatoms. The molecule has 1 aromatic rings. The third-order valence-electron chi connectivity index (χ3n) is 0.713. The fourth-order valence-corrected chi connectivity index (χ4v) is 0.840. The molecule has 0 N–H and O–H groups in total. The topological polar surface area (TPSA) is 0 Å². The molecule has 0 aromatic heterocycles. The molecule has 0 aliphatic heterocycles. The van der Waals surface area contributed by atoms with Gasteiger partial charge in [0.2, 0.25) is 0 Å². The van der Waals surface area contributed by atoms with Crippen molar-refractivity contribution < 1.29 is 19.8 Å². The fourth-order valence-electron chi connectivity index (χ4n) is 0.403. The molecule has 0 saturated carbocycles. The summed E-state index contributed by atoms with van der Waals surface area (Å²) >= 11 is 2.27. The zero-order valence-electron chi connectivity index (χ0n) is 3.70. The second-order valence-electron chi connectivity index (χ2n) is 1.26. The van der Waals surface area contributed by atoms with Crippen molar-refractivity contribution in [2.24, 2.45) is 0 Å². The van der Waals surface area contributed by atoms with E-state index >= 15 is 0 Å². The van der Waals surface area contributed by atoms with Crippen LogP contribution in [0.3, 0.4) is 0 Å². The first-order chi connectivity index (χ1) is 3.39. The molecule has 0 atom stereocenters. The Morgan fingerprint density at radius 2 is 1.57 bits per heavy atom. The molecule has 38 valence electrons. The van der Waals surface area contributed by atoms with Crippen molar-refractivity contribution >= 4 is 3.95 Å². The minimum absolute atomic E-state index is 1.29. The summed E-state index contributed by atoms with van der Waals surface area (Å²) in [6.45, 7) is 0. The first-order valence-corrected chi connectivity index (χ1v) is 3.20. The molecule has 0 heterocycles. The SMILES string of the molecule is [Pt+][c]1ccccc1. The fraction of sp³-hybridized carbons (Fsp3) is 0. The van der Waals surface area contributed by atoms with Crippen molar-refractivity contribution in [3.05, 3.63) is 30.3 Å². The van der Waals surface area contributed by atoms with Gasteiger partial charge < -0.3 is 0 Å². The predicted molar refractivity (Wildman–Crippen MR) is 26.1 cm³/mol. The van der Waals surface area contributed by atoms with Crippen LogP contribution in [0.25, 0.3) is 0 Å². The molecular formula is C6H5Pt+. The van der Waals surface area contributed by atoms with E-state index in [0.717, 1.165) is 0 Å². The molecule has 0 radical (unpaired) electrons. The number of benzene rings is 1. The number of hydrogen-bond donors (Lipinski definition) is 0. The molecular weight excluding hydrogens is 267 g/mol. The van der Waals surface area contributed by atoms with Gasteiger partial charge in [-0.15, -0.1) is 0 Å². The second-order valence-corrected chi connectivity index (χ2v) is 2.57. The van der Waals surface area contributed by atoms with Crippen LogP contribution in [0.1, 0.15) is 0 Å². The van der Waals surface area contributed by atoms with Crippen LogP contribution in [0.15, 0.2) is 30.3 Å². The Kier molecular flexibility index (Phi) is 1.64. The van der Waals surface area contributed by atoms with Crippen LogP contribution in [0.2, 0.25) is 0 Å². The zero-order chi connectivity index (χ0) is 5.11. The van der Waals surface area contributed by atoms with E-state index in [9.17, 15) is 0 Å². The van der Waals surface area contributed by atoms with Crippen LogP contribution in [-0.4, -0.2) is 0 Å². The third kappa shape index (κ3) is 1.44. The summed E-state index contributed by atoms with van der Waals surface area (Å²) in [5, 5.41) is 0. The maximum atomic E-state index is 2.27. The van der Waals surface area contributed by atoms with Gasteiger partial charge >= 0.3 is 54.1 Å². The average molecular weight is 272 g/mol. The Labute approximate surface area is 54.5 Å². The van der Waals surface area contributed by atoms with Crippen molar-refractivity contribution in [2.45, 2.75) is 0 Å². The van der Waals surface area contributed by atoms with Gasteiger partial charge in [-0.3, -0.25) is 0 Å². The van der Waals surface area contributed by atoms with E-state index in [-0.39, 0.29) is 0 Å². The summed E-state index contributed by atoms with van der Waals surface area (Å²) in [5.74, 6) is 0. The Hall–Kier alpha value is -0.0917. The number of rotatable bonds is 0. The van der Waals surface area contributed by atoms with Crippen molar-refractivity contribution in [3.8, 4) is 0 Å². The summed E-state index contributed by atoms with van der Waals surface area (Å²) in [6.07, 6.45) is 0. The first-order valence-electron chi connectivity index (χ1n) is 2.07. The first kappa shape index (κ1) is 5.05. The molecule has 1 aromatic carbocycles. The van der Waals surface area contributed by atoms with Gasteiger partial charge in [0.15, 0.2) is 0 Å². The summed E-state index contributed by atoms with van der Waals surface area (Å²) < 4.78 is 1.29. The van der Waals surface area contributed by atoms with Crippen molar-refractivity contribution in [1.82, 2.24) is 0 Å². The monoisotopic (exact) mass is 272 g/mol. The van der Waals surface area contributed by atoms with Gasteiger partial charge in [0.05, 0.1) is 0 Å². The van der Waals surface area contributed by atoms with Gasteiger partial charge in [0, 0.05) is 0 Å². The molecule has 0 unspecified atom stereocenters. The maximum absolute atomic E-state index is 2.27. The van der Waals surface area contributed by atoms with Crippen LogP contribution in [0.4, 0.5) is 0 Å². The summed E-state index contributed by atoms with van der Waals surface area (Å²) in [6, 6.07) is 10.2. The van der Waals surface area contributed by atoms with E-state index in [0.29, 0.717) is 0 Å². The van der Waals surface area contributed by atoms with E-state index in [2.05, 4.69) is 31.9 Å². The van der Waals surface area contributed by atoms with Crippen LogP contribution in [0, 0.1) is 0 Å². The van der Waals surface area contributed by atoms with Crippen LogP contribution >= 0.6 is 0 Å². The van der Waals surface area contributed by atoms with Gasteiger partial charge in [0.1, 0.15) is 0 Å². The van der Waals surface area contributed by atoms with E-state index in [1.807, 2.05) is 18.2 Å². The van der Waals surface area contributed by atoms with Crippen LogP contribution in [-0.2, 0) is 19.8 Å². The number of hydrogen-bond acceptors (Lipinski definition) is 0. The Morgan fingerprint density at radius 3 is 1.86 bits per heavy atom. The van der Waals surface area contributed by atoms with E-state index < -0.39 is 0 Å². The Bertz CT molecular complexity index is 134. The summed E-state index contributed by atoms with van der Waals surface area (Å²) in [5.41, 5.74) is 0. The Balaban J connectivity index is 3.02. The van der Waals surface area contributed by atoms with E-state index in [1.165, 1.54) is 3.95 Å². The quantitative estimate of drug-likeness (QED) is 0.657. The second kappa shape index (κ2) is 2.28. The van der Waals surface area contributed by atoms with Crippen molar-refractivity contribution in [2.75, 3.05) is 0 Å². The molecule has 1 rings (SSSR count). The molecule has 0 saturated heterocycles. The van der Waals surface area contributed by atoms with Gasteiger partial charge in [-0.2, -0.15) is 0 Å². The average Bonchev–Trinajstić information content (AvgIpc) is 1.69. The van der Waals surface area contributed by atoms with Crippen molar-refractivity contribution in [1.29, 1.82) is 0 Å². The molecule has 0 nitrogen and oxygen atoms in total. The minimum atomic E-state index is 1.29. The normalized spacial score (nSPS) is 8.86. The van der Waals surface area contributed by atoms with Crippen LogP contribution in [0.5, 0.6) is 0 Å². The molecule has 0 aliphatic carbocycles. The van der Waals surface area contributed by atoms with Gasteiger partial charge in [-0.25, -0.2) is 0 Å². The van der Waals surface area contributed by atoms with Gasteiger partial charge in [-0.1, -0.05) is 0 Å². The standard InChI is InChI=1S/C6H5.Pt/c1-2-4-6-5-3-1;/h1-5H;/q;+1.